The van der Waals surface area contributed by atoms with Crippen LogP contribution in [0.1, 0.15) is 219 Å². The molecule has 0 unspecified atom stereocenters. The predicted octanol–water partition coefficient (Wildman–Crippen LogP) is 9.55. The molecule has 1 saturated heterocycles. The Morgan fingerprint density at radius 3 is 1.47 bits per heavy atom. The van der Waals surface area contributed by atoms with Crippen LogP contribution in [0.2, 0.25) is 0 Å². The van der Waals surface area contributed by atoms with Crippen molar-refractivity contribution in [3.8, 4) is 0 Å². The normalized spacial score (nSPS) is 21.0. The number of ether oxygens (including phenoxy) is 2. The van der Waals surface area contributed by atoms with E-state index >= 15 is 0 Å². The van der Waals surface area contributed by atoms with Crippen LogP contribution in [0.15, 0.2) is 12.2 Å². The molecular formula is C46H89NO11S. The predicted molar refractivity (Wildman–Crippen MR) is 236 cm³/mol. The molecule has 0 aliphatic carbocycles. The van der Waals surface area contributed by atoms with E-state index in [1.54, 1.807) is 6.08 Å². The average molecular weight is 864 g/mol. The summed E-state index contributed by atoms with van der Waals surface area (Å²) in [5, 5.41) is 44.8. The molecule has 0 bridgehead atoms. The highest BCUT2D eigenvalue weighted by Crippen LogP contribution is 2.26. The van der Waals surface area contributed by atoms with Crippen LogP contribution in [0.3, 0.4) is 0 Å². The molecule has 1 fully saturated rings. The molecule has 0 saturated carbocycles. The zero-order valence-electron chi connectivity index (χ0n) is 37.3. The van der Waals surface area contributed by atoms with E-state index in [1.807, 2.05) is 6.08 Å². The van der Waals surface area contributed by atoms with Gasteiger partial charge in [0, 0.05) is 6.42 Å². The molecular weight excluding hydrogens is 775 g/mol. The van der Waals surface area contributed by atoms with Crippen LogP contribution in [0.25, 0.3) is 0 Å². The summed E-state index contributed by atoms with van der Waals surface area (Å²) in [7, 11) is -5.03. The molecule has 7 atom stereocenters. The van der Waals surface area contributed by atoms with Crippen LogP contribution < -0.4 is 5.32 Å². The van der Waals surface area contributed by atoms with Crippen molar-refractivity contribution in [3.63, 3.8) is 0 Å². The molecule has 1 aliphatic rings. The highest BCUT2D eigenvalue weighted by Gasteiger charge is 2.47. The van der Waals surface area contributed by atoms with Crippen LogP contribution in [-0.4, -0.2) is 95.4 Å². The number of nitrogens with one attached hydrogen (secondary N) is 1. The van der Waals surface area contributed by atoms with Gasteiger partial charge in [-0.3, -0.25) is 9.35 Å². The molecule has 1 heterocycles. The molecule has 59 heavy (non-hydrogen) atoms. The highest BCUT2D eigenvalue weighted by molar-refractivity contribution is 7.80. The van der Waals surface area contributed by atoms with Gasteiger partial charge >= 0.3 is 10.4 Å². The number of aliphatic hydroxyl groups is 4. The first-order valence-electron chi connectivity index (χ1n) is 24.1. The van der Waals surface area contributed by atoms with E-state index in [0.29, 0.717) is 6.42 Å². The van der Waals surface area contributed by atoms with Gasteiger partial charge in [-0.2, -0.15) is 8.42 Å². The van der Waals surface area contributed by atoms with Gasteiger partial charge in [0.2, 0.25) is 5.91 Å². The van der Waals surface area contributed by atoms with Crippen molar-refractivity contribution in [3.05, 3.63) is 12.2 Å². The van der Waals surface area contributed by atoms with E-state index in [9.17, 15) is 33.6 Å². The second-order valence-corrected chi connectivity index (χ2v) is 18.1. The van der Waals surface area contributed by atoms with Crippen molar-refractivity contribution in [2.45, 2.75) is 262 Å². The van der Waals surface area contributed by atoms with Gasteiger partial charge in [0.05, 0.1) is 25.4 Å². The third-order valence-corrected chi connectivity index (χ3v) is 12.0. The molecule has 0 spiro atoms. The monoisotopic (exact) mass is 864 g/mol. The molecule has 350 valence electrons. The first-order valence-corrected chi connectivity index (χ1v) is 25.4. The van der Waals surface area contributed by atoms with Gasteiger partial charge < -0.3 is 35.2 Å². The molecule has 0 aromatic carbocycles. The van der Waals surface area contributed by atoms with E-state index in [2.05, 4.69) is 23.3 Å². The van der Waals surface area contributed by atoms with E-state index in [-0.39, 0.29) is 18.9 Å². The van der Waals surface area contributed by atoms with E-state index in [4.69, 9.17) is 14.0 Å². The van der Waals surface area contributed by atoms with E-state index in [1.165, 1.54) is 154 Å². The van der Waals surface area contributed by atoms with Crippen molar-refractivity contribution < 1.29 is 51.8 Å². The third kappa shape index (κ3) is 30.5. The zero-order chi connectivity index (χ0) is 43.4. The van der Waals surface area contributed by atoms with Crippen molar-refractivity contribution in [1.29, 1.82) is 0 Å². The number of hydrogen-bond donors (Lipinski definition) is 6. The number of allylic oxidation sites excluding steroid dienone is 1. The average Bonchev–Trinajstić information content (AvgIpc) is 3.20. The fourth-order valence-corrected chi connectivity index (χ4v) is 8.33. The molecule has 0 radical (unpaired) electrons. The minimum absolute atomic E-state index is 0.247. The fraction of sp³-hybridized carbons (Fsp3) is 0.935. The maximum atomic E-state index is 13.0. The number of unbranched alkanes of at least 4 members (excludes halogenated alkanes) is 29. The number of hydrogen-bond acceptors (Lipinski definition) is 10. The molecule has 0 aromatic heterocycles. The SMILES string of the molecule is CCCCCCCCCCCCC/C=C/[C@@H](O)[C@H](CO[C@@H]1O[C@H](CO)[C@H](OS(=O)(=O)O)[C@H](O)[C@H]1O)NC(=O)CCCCCCCCCCCCCCCCCCCCC. The van der Waals surface area contributed by atoms with Crippen LogP contribution in [-0.2, 0) is 28.9 Å². The molecule has 1 rings (SSSR count). The first kappa shape index (κ1) is 55.9. The minimum Gasteiger partial charge on any atom is -0.394 e. The van der Waals surface area contributed by atoms with Gasteiger partial charge in [-0.15, -0.1) is 0 Å². The Kier molecular flexibility index (Phi) is 35.4. The molecule has 13 heteroatoms. The third-order valence-electron chi connectivity index (χ3n) is 11.6. The number of carbonyl (C=O) groups is 1. The Labute approximate surface area is 360 Å². The largest absolute Gasteiger partial charge is 0.397 e. The maximum Gasteiger partial charge on any atom is 0.397 e. The second-order valence-electron chi connectivity index (χ2n) is 17.1. The van der Waals surface area contributed by atoms with Gasteiger partial charge in [-0.05, 0) is 19.3 Å². The summed E-state index contributed by atoms with van der Waals surface area (Å²) >= 11 is 0. The van der Waals surface area contributed by atoms with Gasteiger partial charge in [-0.25, -0.2) is 4.18 Å². The second kappa shape index (κ2) is 37.4. The lowest BCUT2D eigenvalue weighted by atomic mass is 9.99. The van der Waals surface area contributed by atoms with E-state index in [0.717, 1.165) is 38.5 Å². The topological polar surface area (TPSA) is 192 Å². The Balaban J connectivity index is 2.45. The van der Waals surface area contributed by atoms with Crippen molar-refractivity contribution >= 4 is 16.3 Å². The van der Waals surface area contributed by atoms with Crippen LogP contribution >= 0.6 is 0 Å². The Bertz CT molecular complexity index is 1110. The smallest absolute Gasteiger partial charge is 0.394 e. The number of carbonyl (C=O) groups excluding carboxylic acids is 1. The fourth-order valence-electron chi connectivity index (χ4n) is 7.81. The molecule has 12 nitrogen and oxygen atoms in total. The van der Waals surface area contributed by atoms with Crippen LogP contribution in [0.4, 0.5) is 0 Å². The molecule has 1 aliphatic heterocycles. The quantitative estimate of drug-likeness (QED) is 0.0195. The summed E-state index contributed by atoms with van der Waals surface area (Å²) in [6.45, 7) is 3.37. The standard InChI is InChI=1S/C46H89NO11S/c1-3-5-7-9-11-13-15-17-18-19-20-21-22-24-26-28-30-32-34-36-42(50)47-39(40(49)35-33-31-29-27-25-23-16-14-12-10-8-6-4-2)38-56-46-44(52)43(51)45(41(37-48)57-46)58-59(53,54)55/h33,35,39-41,43-46,48-49,51-52H,3-32,34,36-38H2,1-2H3,(H,47,50)(H,53,54,55)/b35-33+/t39-,40+,41+,43+,44+,45-,46+/m0/s1. The van der Waals surface area contributed by atoms with Crippen LogP contribution in [0, 0.1) is 0 Å². The Hall–Kier alpha value is -1.16. The number of rotatable bonds is 41. The number of aliphatic hydroxyl groups excluding tert-OH is 4. The van der Waals surface area contributed by atoms with Gasteiger partial charge in [-0.1, -0.05) is 206 Å². The molecule has 1 amide bonds. The minimum atomic E-state index is -5.03. The van der Waals surface area contributed by atoms with Crippen molar-refractivity contribution in [2.24, 2.45) is 0 Å². The maximum absolute atomic E-state index is 13.0. The lowest BCUT2D eigenvalue weighted by molar-refractivity contribution is -0.298. The van der Waals surface area contributed by atoms with Gasteiger partial charge in [0.1, 0.15) is 24.4 Å². The summed E-state index contributed by atoms with van der Waals surface area (Å²) in [4.78, 5) is 13.0. The van der Waals surface area contributed by atoms with Crippen LogP contribution in [0.5, 0.6) is 0 Å². The molecule has 6 N–H and O–H groups in total. The summed E-state index contributed by atoms with van der Waals surface area (Å²) in [5.74, 6) is -0.247. The first-order chi connectivity index (χ1) is 28.5. The Morgan fingerprint density at radius 1 is 0.661 bits per heavy atom. The zero-order valence-corrected chi connectivity index (χ0v) is 38.1. The summed E-state index contributed by atoms with van der Waals surface area (Å²) in [6.07, 6.45) is 32.7. The van der Waals surface area contributed by atoms with Gasteiger partial charge in [0.25, 0.3) is 0 Å². The summed E-state index contributed by atoms with van der Waals surface area (Å²) in [5.41, 5.74) is 0. The highest BCUT2D eigenvalue weighted by atomic mass is 32.3. The Morgan fingerprint density at radius 2 is 1.07 bits per heavy atom. The lowest BCUT2D eigenvalue weighted by Crippen LogP contribution is -2.61. The molecule has 0 aromatic rings. The number of amides is 1. The van der Waals surface area contributed by atoms with E-state index < -0.39 is 59.9 Å². The summed E-state index contributed by atoms with van der Waals surface area (Å²) < 4.78 is 47.2. The van der Waals surface area contributed by atoms with Crippen molar-refractivity contribution in [1.82, 2.24) is 5.32 Å². The lowest BCUT2D eigenvalue weighted by Gasteiger charge is -2.41. The van der Waals surface area contributed by atoms with Crippen molar-refractivity contribution in [2.75, 3.05) is 13.2 Å². The summed E-state index contributed by atoms with van der Waals surface area (Å²) in [6, 6.07) is -0.913. The van der Waals surface area contributed by atoms with Gasteiger partial charge in [0.15, 0.2) is 6.29 Å².